The summed E-state index contributed by atoms with van der Waals surface area (Å²) in [7, 11) is 3.98. The van der Waals surface area contributed by atoms with E-state index < -0.39 is 9.84 Å². The fourth-order valence-electron chi connectivity index (χ4n) is 3.53. The number of rotatable bonds is 10. The lowest BCUT2D eigenvalue weighted by Gasteiger charge is -2.14. The predicted molar refractivity (Wildman–Crippen MR) is 137 cm³/mol. The van der Waals surface area contributed by atoms with Crippen molar-refractivity contribution in [3.8, 4) is 28.7 Å². The van der Waals surface area contributed by atoms with Gasteiger partial charge in [0.2, 0.25) is 5.75 Å². The molecule has 0 saturated heterocycles. The Hall–Kier alpha value is -3.36. The number of methoxy groups -OCH3 is 5. The molecule has 3 aromatic carbocycles. The van der Waals surface area contributed by atoms with Gasteiger partial charge in [0.25, 0.3) is 0 Å². The maximum Gasteiger partial charge on any atom is 0.203 e. The molecule has 35 heavy (non-hydrogen) atoms. The first-order valence-electron chi connectivity index (χ1n) is 10.5. The fraction of sp³-hybridized carbons (Fsp3) is 0.231. The lowest BCUT2D eigenvalue weighted by Crippen LogP contribution is -2.07. The highest BCUT2D eigenvalue weighted by molar-refractivity contribution is 7.90. The second kappa shape index (κ2) is 11.4. The second-order valence-corrected chi connectivity index (χ2v) is 9.84. The molecule has 0 aliphatic heterocycles. The molecule has 3 aromatic rings. The Morgan fingerprint density at radius 1 is 0.714 bits per heavy atom. The molecule has 0 radical (unpaired) electrons. The van der Waals surface area contributed by atoms with Crippen LogP contribution in [0.2, 0.25) is 5.02 Å². The average Bonchev–Trinajstić information content (AvgIpc) is 2.86. The Balaban J connectivity index is 2.08. The quantitative estimate of drug-likeness (QED) is 0.326. The van der Waals surface area contributed by atoms with E-state index in [4.69, 9.17) is 35.3 Å². The van der Waals surface area contributed by atoms with Gasteiger partial charge in [0.1, 0.15) is 0 Å². The summed E-state index contributed by atoms with van der Waals surface area (Å²) in [5.74, 6) is 2.15. The third kappa shape index (κ3) is 6.01. The van der Waals surface area contributed by atoms with Gasteiger partial charge in [-0.25, -0.2) is 8.42 Å². The van der Waals surface area contributed by atoms with Gasteiger partial charge in [-0.1, -0.05) is 23.8 Å². The van der Waals surface area contributed by atoms with Crippen LogP contribution in [0.4, 0.5) is 0 Å². The Kier molecular flexibility index (Phi) is 8.53. The third-order valence-electron chi connectivity index (χ3n) is 5.31. The minimum atomic E-state index is -3.66. The maximum absolute atomic E-state index is 13.1. The molecule has 0 aliphatic rings. The van der Waals surface area contributed by atoms with Crippen LogP contribution < -0.4 is 23.7 Å². The van der Waals surface area contributed by atoms with Crippen molar-refractivity contribution in [1.29, 1.82) is 0 Å². The smallest absolute Gasteiger partial charge is 0.203 e. The largest absolute Gasteiger partial charge is 0.493 e. The second-order valence-electron chi connectivity index (χ2n) is 7.41. The molecule has 186 valence electrons. The van der Waals surface area contributed by atoms with Crippen LogP contribution in [-0.4, -0.2) is 44.0 Å². The zero-order valence-corrected chi connectivity index (χ0v) is 21.7. The number of ether oxygens (including phenoxy) is 5. The van der Waals surface area contributed by atoms with Crippen molar-refractivity contribution in [2.75, 3.05) is 35.5 Å². The summed E-state index contributed by atoms with van der Waals surface area (Å²) in [6.45, 7) is 0. The van der Waals surface area contributed by atoms with E-state index in [9.17, 15) is 8.42 Å². The van der Waals surface area contributed by atoms with Crippen molar-refractivity contribution in [1.82, 2.24) is 0 Å². The zero-order chi connectivity index (χ0) is 25.6. The molecule has 0 amide bonds. The van der Waals surface area contributed by atoms with E-state index in [0.717, 1.165) is 5.56 Å². The van der Waals surface area contributed by atoms with Gasteiger partial charge in [-0.3, -0.25) is 0 Å². The molecule has 0 bridgehead atoms. The van der Waals surface area contributed by atoms with Crippen LogP contribution in [0.25, 0.3) is 12.2 Å². The van der Waals surface area contributed by atoms with Crippen molar-refractivity contribution in [2.24, 2.45) is 0 Å². The summed E-state index contributed by atoms with van der Waals surface area (Å²) in [5, 5.41) is 0.462. The molecule has 0 aromatic heterocycles. The zero-order valence-electron chi connectivity index (χ0n) is 20.1. The first kappa shape index (κ1) is 26.2. The Morgan fingerprint density at radius 2 is 1.26 bits per heavy atom. The number of benzene rings is 3. The highest BCUT2D eigenvalue weighted by Gasteiger charge is 2.20. The van der Waals surface area contributed by atoms with Crippen molar-refractivity contribution in [3.05, 3.63) is 70.2 Å². The summed E-state index contributed by atoms with van der Waals surface area (Å²) >= 11 is 5.92. The van der Waals surface area contributed by atoms with Gasteiger partial charge in [0.05, 0.1) is 46.2 Å². The lowest BCUT2D eigenvalue weighted by atomic mass is 10.1. The minimum Gasteiger partial charge on any atom is -0.493 e. The lowest BCUT2D eigenvalue weighted by molar-refractivity contribution is 0.324. The van der Waals surface area contributed by atoms with Crippen LogP contribution in [0.15, 0.2) is 53.4 Å². The first-order valence-corrected chi connectivity index (χ1v) is 12.5. The van der Waals surface area contributed by atoms with Crippen molar-refractivity contribution < 1.29 is 32.1 Å². The molecule has 0 unspecified atom stereocenters. The summed E-state index contributed by atoms with van der Waals surface area (Å²) in [6.07, 6.45) is 3.62. The predicted octanol–water partition coefficient (Wildman–Crippen LogP) is 5.53. The van der Waals surface area contributed by atoms with Gasteiger partial charge in [0.15, 0.2) is 32.8 Å². The molecule has 0 spiro atoms. The van der Waals surface area contributed by atoms with E-state index in [1.165, 1.54) is 33.5 Å². The first-order chi connectivity index (χ1) is 16.8. The highest BCUT2D eigenvalue weighted by Crippen LogP contribution is 2.39. The van der Waals surface area contributed by atoms with Crippen LogP contribution in [0, 0.1) is 0 Å². The van der Waals surface area contributed by atoms with Gasteiger partial charge in [-0.05, 0) is 65.2 Å². The van der Waals surface area contributed by atoms with Gasteiger partial charge in [-0.2, -0.15) is 0 Å². The van der Waals surface area contributed by atoms with E-state index >= 15 is 0 Å². The summed E-state index contributed by atoms with van der Waals surface area (Å²) in [4.78, 5) is 0.177. The standard InChI is InChI=1S/C26H27ClO7S/c1-30-22-14-18(7-6-17-12-24(32-3)26(34-5)25(13-17)33-4)19(15-23(22)31-2)16-35(28,29)21-10-8-20(27)9-11-21/h6-15H,16H2,1-5H3/b7-6-. The van der Waals surface area contributed by atoms with Crippen LogP contribution in [0.3, 0.4) is 0 Å². The van der Waals surface area contributed by atoms with E-state index in [1.54, 1.807) is 56.7 Å². The molecule has 0 saturated carbocycles. The monoisotopic (exact) mass is 518 g/mol. The van der Waals surface area contributed by atoms with Crippen molar-refractivity contribution in [3.63, 3.8) is 0 Å². The summed E-state index contributed by atoms with van der Waals surface area (Å²) in [6, 6.07) is 13.1. The topological polar surface area (TPSA) is 80.3 Å². The van der Waals surface area contributed by atoms with Crippen LogP contribution in [-0.2, 0) is 15.6 Å². The van der Waals surface area contributed by atoms with Gasteiger partial charge in [-0.15, -0.1) is 0 Å². The minimum absolute atomic E-state index is 0.177. The molecular formula is C26H27ClO7S. The maximum atomic E-state index is 13.1. The summed E-state index contributed by atoms with van der Waals surface area (Å²) < 4.78 is 53.4. The highest BCUT2D eigenvalue weighted by atomic mass is 35.5. The molecule has 0 N–H and O–H groups in total. The Labute approximate surface area is 210 Å². The molecule has 3 rings (SSSR count). The summed E-state index contributed by atoms with van der Waals surface area (Å²) in [5.41, 5.74) is 1.95. The third-order valence-corrected chi connectivity index (χ3v) is 7.24. The van der Waals surface area contributed by atoms with Gasteiger partial charge < -0.3 is 23.7 Å². The number of halogens is 1. The van der Waals surface area contributed by atoms with E-state index in [-0.39, 0.29) is 10.6 Å². The van der Waals surface area contributed by atoms with Crippen LogP contribution in [0.1, 0.15) is 16.7 Å². The van der Waals surface area contributed by atoms with Crippen LogP contribution in [0.5, 0.6) is 28.7 Å². The van der Waals surface area contributed by atoms with Gasteiger partial charge in [0, 0.05) is 5.02 Å². The number of hydrogen-bond acceptors (Lipinski definition) is 7. The molecule has 7 nitrogen and oxygen atoms in total. The van der Waals surface area contributed by atoms with Crippen molar-refractivity contribution >= 4 is 33.6 Å². The van der Waals surface area contributed by atoms with E-state index in [0.29, 0.717) is 44.9 Å². The van der Waals surface area contributed by atoms with Crippen LogP contribution >= 0.6 is 11.6 Å². The van der Waals surface area contributed by atoms with E-state index in [1.807, 2.05) is 6.08 Å². The molecule has 0 aliphatic carbocycles. The number of hydrogen-bond donors (Lipinski definition) is 0. The van der Waals surface area contributed by atoms with Crippen molar-refractivity contribution in [2.45, 2.75) is 10.6 Å². The Bertz CT molecular complexity index is 1290. The Morgan fingerprint density at radius 3 is 1.77 bits per heavy atom. The number of sulfone groups is 1. The van der Waals surface area contributed by atoms with E-state index in [2.05, 4.69) is 0 Å². The molecule has 0 fully saturated rings. The molecule has 0 atom stereocenters. The normalized spacial score (nSPS) is 11.4. The fourth-order valence-corrected chi connectivity index (χ4v) is 5.03. The molecule has 9 heteroatoms. The average molecular weight is 519 g/mol. The SMILES string of the molecule is COc1cc(/C=C\c2cc(OC)c(OC)c(OC)c2)c(CS(=O)(=O)c2ccc(Cl)cc2)cc1OC. The molecular weight excluding hydrogens is 492 g/mol. The molecule has 0 heterocycles. The van der Waals surface area contributed by atoms with Gasteiger partial charge >= 0.3 is 0 Å².